The molecule has 0 bridgehead atoms. The summed E-state index contributed by atoms with van der Waals surface area (Å²) in [6.07, 6.45) is -4.44. The number of halogens is 5. The zero-order valence-electron chi connectivity index (χ0n) is 12.9. The highest BCUT2D eigenvalue weighted by atomic mass is 35.5. The van der Waals surface area contributed by atoms with E-state index in [9.17, 15) is 13.2 Å². The van der Waals surface area contributed by atoms with E-state index < -0.39 is 11.7 Å². The molecule has 0 spiro atoms. The van der Waals surface area contributed by atoms with Crippen LogP contribution in [0.25, 0.3) is 22.5 Å². The average Bonchev–Trinajstić information content (AvgIpc) is 2.53. The fraction of sp³-hybridized carbons (Fsp3) is 0.111. The van der Waals surface area contributed by atoms with Gasteiger partial charge in [-0.2, -0.15) is 13.2 Å². The molecule has 3 aromatic rings. The Morgan fingerprint density at radius 3 is 2.16 bits per heavy atom. The third kappa shape index (κ3) is 4.11. The van der Waals surface area contributed by atoms with Gasteiger partial charge in [0.1, 0.15) is 0 Å². The van der Waals surface area contributed by atoms with Crippen molar-refractivity contribution in [3.05, 3.63) is 70.0 Å². The normalized spacial score (nSPS) is 11.6. The van der Waals surface area contributed by atoms with Crippen molar-refractivity contribution in [3.63, 3.8) is 0 Å². The number of nitrogens with zero attached hydrogens (tertiary/aromatic N) is 2. The van der Waals surface area contributed by atoms with Crippen molar-refractivity contribution in [2.24, 2.45) is 0 Å². The first-order chi connectivity index (χ1) is 11.7. The molecule has 128 valence electrons. The number of benzene rings is 2. The Hall–Kier alpha value is -2.11. The van der Waals surface area contributed by atoms with Crippen LogP contribution in [0, 0.1) is 6.92 Å². The van der Waals surface area contributed by atoms with Crippen LogP contribution >= 0.6 is 23.2 Å². The predicted molar refractivity (Wildman–Crippen MR) is 92.7 cm³/mol. The van der Waals surface area contributed by atoms with E-state index in [1.807, 2.05) is 0 Å². The van der Waals surface area contributed by atoms with Gasteiger partial charge in [0.15, 0.2) is 0 Å². The summed E-state index contributed by atoms with van der Waals surface area (Å²) < 4.78 is 39.2. The van der Waals surface area contributed by atoms with Gasteiger partial charge in [-0.3, -0.25) is 0 Å². The molecule has 0 atom stereocenters. The quantitative estimate of drug-likeness (QED) is 0.476. The predicted octanol–water partition coefficient (Wildman–Crippen LogP) is 6.44. The van der Waals surface area contributed by atoms with Gasteiger partial charge in [-0.15, -0.1) is 0 Å². The lowest BCUT2D eigenvalue weighted by Crippen LogP contribution is -2.05. The monoisotopic (exact) mass is 382 g/mol. The van der Waals surface area contributed by atoms with Crippen molar-refractivity contribution < 1.29 is 13.2 Å². The van der Waals surface area contributed by atoms with Crippen LogP contribution in [0.3, 0.4) is 0 Å². The van der Waals surface area contributed by atoms with Gasteiger partial charge in [-0.25, -0.2) is 9.97 Å². The molecule has 2 nitrogen and oxygen atoms in total. The third-order valence-corrected chi connectivity index (χ3v) is 3.92. The standard InChI is InChI=1S/C18H11Cl2F3N2/c1-10-5-12(7-13(6-10)18(21,22)23)16-9-15(24-17(20)25-16)11-3-2-4-14(19)8-11/h2-9H,1H3. The van der Waals surface area contributed by atoms with Gasteiger partial charge in [0.05, 0.1) is 17.0 Å². The molecule has 0 unspecified atom stereocenters. The summed E-state index contributed by atoms with van der Waals surface area (Å²) in [7, 11) is 0. The van der Waals surface area contributed by atoms with Gasteiger partial charge in [0.2, 0.25) is 5.28 Å². The maximum Gasteiger partial charge on any atom is 0.416 e. The van der Waals surface area contributed by atoms with Crippen molar-refractivity contribution >= 4 is 23.2 Å². The summed E-state index contributed by atoms with van der Waals surface area (Å²) >= 11 is 12.0. The maximum absolute atomic E-state index is 13.1. The van der Waals surface area contributed by atoms with Crippen molar-refractivity contribution in [3.8, 4) is 22.5 Å². The molecule has 0 amide bonds. The van der Waals surface area contributed by atoms with Gasteiger partial charge in [-0.1, -0.05) is 23.7 Å². The van der Waals surface area contributed by atoms with Crippen LogP contribution in [0.5, 0.6) is 0 Å². The second-order valence-electron chi connectivity index (χ2n) is 5.50. The summed E-state index contributed by atoms with van der Waals surface area (Å²) in [5.41, 5.74) is 1.55. The Morgan fingerprint density at radius 1 is 0.840 bits per heavy atom. The maximum atomic E-state index is 13.1. The molecule has 2 aromatic carbocycles. The van der Waals surface area contributed by atoms with Crippen LogP contribution in [0.2, 0.25) is 10.3 Å². The number of rotatable bonds is 2. The molecule has 25 heavy (non-hydrogen) atoms. The van der Waals surface area contributed by atoms with Gasteiger partial charge < -0.3 is 0 Å². The van der Waals surface area contributed by atoms with Crippen molar-refractivity contribution in [1.82, 2.24) is 9.97 Å². The van der Waals surface area contributed by atoms with Gasteiger partial charge in [-0.05, 0) is 60.5 Å². The molecule has 7 heteroatoms. The highest BCUT2D eigenvalue weighted by molar-refractivity contribution is 6.31. The molecule has 0 radical (unpaired) electrons. The number of alkyl halides is 3. The first-order valence-electron chi connectivity index (χ1n) is 7.22. The summed E-state index contributed by atoms with van der Waals surface area (Å²) in [5.74, 6) is 0. The Balaban J connectivity index is 2.14. The van der Waals surface area contributed by atoms with Crippen molar-refractivity contribution in [2.45, 2.75) is 13.1 Å². The van der Waals surface area contributed by atoms with E-state index in [-0.39, 0.29) is 5.28 Å². The molecule has 3 rings (SSSR count). The zero-order chi connectivity index (χ0) is 18.2. The molecule has 1 aromatic heterocycles. The van der Waals surface area contributed by atoms with E-state index in [1.54, 1.807) is 43.3 Å². The van der Waals surface area contributed by atoms with Crippen molar-refractivity contribution in [1.29, 1.82) is 0 Å². The summed E-state index contributed by atoms with van der Waals surface area (Å²) in [4.78, 5) is 8.21. The summed E-state index contributed by atoms with van der Waals surface area (Å²) in [6.45, 7) is 1.60. The minimum atomic E-state index is -4.44. The topological polar surface area (TPSA) is 25.8 Å². The number of hydrogen-bond acceptors (Lipinski definition) is 2. The van der Waals surface area contributed by atoms with Gasteiger partial charge >= 0.3 is 6.18 Å². The zero-order valence-corrected chi connectivity index (χ0v) is 14.4. The lowest BCUT2D eigenvalue weighted by Gasteiger charge is -2.11. The molecule has 0 saturated heterocycles. The summed E-state index contributed by atoms with van der Waals surface area (Å²) in [6, 6.07) is 12.3. The largest absolute Gasteiger partial charge is 0.416 e. The Morgan fingerprint density at radius 2 is 1.52 bits per heavy atom. The van der Waals surface area contributed by atoms with Crippen LogP contribution < -0.4 is 0 Å². The number of aromatic nitrogens is 2. The van der Waals surface area contributed by atoms with E-state index in [2.05, 4.69) is 9.97 Å². The van der Waals surface area contributed by atoms with E-state index >= 15 is 0 Å². The molecule has 0 saturated carbocycles. The molecule has 0 aliphatic heterocycles. The fourth-order valence-corrected chi connectivity index (χ4v) is 2.83. The third-order valence-electron chi connectivity index (χ3n) is 3.52. The first-order valence-corrected chi connectivity index (χ1v) is 7.98. The fourth-order valence-electron chi connectivity index (χ4n) is 2.46. The Labute approximate surface area is 152 Å². The first kappa shape index (κ1) is 17.7. The highest BCUT2D eigenvalue weighted by Gasteiger charge is 2.31. The molecule has 0 aliphatic carbocycles. The Kier molecular flexibility index (Phi) is 4.71. The van der Waals surface area contributed by atoms with Crippen LogP contribution in [-0.2, 0) is 6.18 Å². The minimum absolute atomic E-state index is 0.0532. The molecular weight excluding hydrogens is 372 g/mol. The minimum Gasteiger partial charge on any atom is -0.218 e. The van der Waals surface area contributed by atoms with Crippen LogP contribution in [-0.4, -0.2) is 9.97 Å². The van der Waals surface area contributed by atoms with Crippen LogP contribution in [0.15, 0.2) is 48.5 Å². The highest BCUT2D eigenvalue weighted by Crippen LogP contribution is 2.34. The van der Waals surface area contributed by atoms with E-state index in [4.69, 9.17) is 23.2 Å². The molecule has 1 heterocycles. The van der Waals surface area contributed by atoms with Gasteiger partial charge in [0, 0.05) is 16.1 Å². The van der Waals surface area contributed by atoms with E-state index in [1.165, 1.54) is 0 Å². The second-order valence-corrected chi connectivity index (χ2v) is 6.28. The number of aryl methyl sites for hydroxylation is 1. The van der Waals surface area contributed by atoms with Crippen LogP contribution in [0.4, 0.5) is 13.2 Å². The lowest BCUT2D eigenvalue weighted by molar-refractivity contribution is -0.137. The molecule has 0 aliphatic rings. The average molecular weight is 383 g/mol. The van der Waals surface area contributed by atoms with Crippen molar-refractivity contribution in [2.75, 3.05) is 0 Å². The second kappa shape index (κ2) is 6.65. The molecule has 0 fully saturated rings. The van der Waals surface area contributed by atoms with Gasteiger partial charge in [0.25, 0.3) is 0 Å². The Bertz CT molecular complexity index is 940. The SMILES string of the molecule is Cc1cc(-c2cc(-c3cccc(Cl)c3)nc(Cl)n2)cc(C(F)(F)F)c1. The summed E-state index contributed by atoms with van der Waals surface area (Å²) in [5, 5.41) is 0.464. The van der Waals surface area contributed by atoms with E-state index in [0.29, 0.717) is 33.1 Å². The van der Waals surface area contributed by atoms with Crippen LogP contribution in [0.1, 0.15) is 11.1 Å². The molecule has 0 N–H and O–H groups in total. The van der Waals surface area contributed by atoms with E-state index in [0.717, 1.165) is 12.1 Å². The smallest absolute Gasteiger partial charge is 0.218 e. The molecular formula is C18H11Cl2F3N2. The number of hydrogen-bond donors (Lipinski definition) is 0. The lowest BCUT2D eigenvalue weighted by atomic mass is 10.0.